The molecule has 1 unspecified atom stereocenters. The van der Waals surface area contributed by atoms with Gasteiger partial charge in [0.1, 0.15) is 0 Å². The van der Waals surface area contributed by atoms with E-state index in [1.807, 2.05) is 0 Å². The Bertz CT molecular complexity index is 318. The highest BCUT2D eigenvalue weighted by Crippen LogP contribution is 2.08. The summed E-state index contributed by atoms with van der Waals surface area (Å²) in [5.41, 5.74) is 1.46. The lowest BCUT2D eigenvalue weighted by atomic mass is 10.1. The third-order valence-electron chi connectivity index (χ3n) is 3.64. The summed E-state index contributed by atoms with van der Waals surface area (Å²) in [5.74, 6) is 0. The quantitative estimate of drug-likeness (QED) is 0.843. The molecule has 1 N–H and O–H groups in total. The summed E-state index contributed by atoms with van der Waals surface area (Å²) in [6.07, 6.45) is 1.15. The minimum atomic E-state index is 0.576. The molecule has 0 aliphatic carbocycles. The van der Waals surface area contributed by atoms with Gasteiger partial charge in [0, 0.05) is 45.3 Å². The third-order valence-corrected chi connectivity index (χ3v) is 4.37. The molecule has 1 aromatic rings. The maximum Gasteiger partial charge on any atom is 0.0110 e. The Hall–Kier alpha value is -0.420. The second-order valence-electron chi connectivity index (χ2n) is 5.34. The Morgan fingerprint density at radius 2 is 2.11 bits per heavy atom. The fourth-order valence-electron chi connectivity index (χ4n) is 2.38. The van der Waals surface area contributed by atoms with E-state index in [2.05, 4.69) is 45.9 Å². The van der Waals surface area contributed by atoms with Crippen molar-refractivity contribution in [2.75, 3.05) is 46.3 Å². The van der Waals surface area contributed by atoms with Gasteiger partial charge in [-0.05, 0) is 42.8 Å². The highest BCUT2D eigenvalue weighted by atomic mass is 32.1. The average Bonchev–Trinajstić information content (AvgIpc) is 2.84. The molecule has 2 heterocycles. The van der Waals surface area contributed by atoms with Gasteiger partial charge in [0.2, 0.25) is 0 Å². The van der Waals surface area contributed by atoms with E-state index in [4.69, 9.17) is 0 Å². The second-order valence-corrected chi connectivity index (χ2v) is 6.12. The number of hydrogen-bond acceptors (Lipinski definition) is 4. The molecule has 18 heavy (non-hydrogen) atoms. The minimum Gasteiger partial charge on any atom is -0.313 e. The van der Waals surface area contributed by atoms with Gasteiger partial charge in [-0.3, -0.25) is 4.90 Å². The predicted molar refractivity (Wildman–Crippen MR) is 79.4 cm³/mol. The van der Waals surface area contributed by atoms with Crippen LogP contribution < -0.4 is 5.32 Å². The van der Waals surface area contributed by atoms with Gasteiger partial charge < -0.3 is 10.2 Å². The van der Waals surface area contributed by atoms with E-state index in [-0.39, 0.29) is 0 Å². The van der Waals surface area contributed by atoms with Gasteiger partial charge in [0.05, 0.1) is 0 Å². The highest BCUT2D eigenvalue weighted by molar-refractivity contribution is 7.07. The number of thiophene rings is 1. The van der Waals surface area contributed by atoms with Crippen LogP contribution in [0.15, 0.2) is 16.8 Å². The van der Waals surface area contributed by atoms with Crippen LogP contribution in [-0.2, 0) is 6.42 Å². The van der Waals surface area contributed by atoms with Crippen LogP contribution >= 0.6 is 11.3 Å². The van der Waals surface area contributed by atoms with Crippen LogP contribution in [0.3, 0.4) is 0 Å². The maximum atomic E-state index is 3.63. The van der Waals surface area contributed by atoms with Crippen molar-refractivity contribution >= 4 is 11.3 Å². The molecule has 4 heteroatoms. The van der Waals surface area contributed by atoms with Crippen LogP contribution in [0.2, 0.25) is 0 Å². The molecule has 1 aromatic heterocycles. The van der Waals surface area contributed by atoms with Gasteiger partial charge in [0.25, 0.3) is 0 Å². The van der Waals surface area contributed by atoms with Crippen LogP contribution in [0.4, 0.5) is 0 Å². The van der Waals surface area contributed by atoms with E-state index in [0.717, 1.165) is 13.0 Å². The van der Waals surface area contributed by atoms with E-state index in [0.29, 0.717) is 6.04 Å². The predicted octanol–water partition coefficient (Wildman–Crippen LogP) is 1.52. The molecular weight excluding hydrogens is 242 g/mol. The SMILES string of the molecule is CC(Cc1ccsc1)NCCN1CCN(C)CC1. The lowest BCUT2D eigenvalue weighted by Gasteiger charge is -2.32. The number of nitrogens with zero attached hydrogens (tertiary/aromatic N) is 2. The molecule has 1 aliphatic heterocycles. The molecule has 1 saturated heterocycles. The minimum absolute atomic E-state index is 0.576. The summed E-state index contributed by atoms with van der Waals surface area (Å²) in [7, 11) is 2.21. The highest BCUT2D eigenvalue weighted by Gasteiger charge is 2.13. The number of hydrogen-bond donors (Lipinski definition) is 1. The molecule has 3 nitrogen and oxygen atoms in total. The van der Waals surface area contributed by atoms with Crippen molar-refractivity contribution in [2.45, 2.75) is 19.4 Å². The Kier molecular flexibility index (Phi) is 5.63. The summed E-state index contributed by atoms with van der Waals surface area (Å²) in [6.45, 7) is 9.43. The smallest absolute Gasteiger partial charge is 0.0110 e. The van der Waals surface area contributed by atoms with Gasteiger partial charge in [-0.25, -0.2) is 0 Å². The molecule has 0 amide bonds. The Morgan fingerprint density at radius 3 is 2.78 bits per heavy atom. The first-order valence-corrected chi connectivity index (χ1v) is 7.83. The Labute approximate surface area is 115 Å². The van der Waals surface area contributed by atoms with Crippen molar-refractivity contribution in [3.63, 3.8) is 0 Å². The first-order valence-electron chi connectivity index (χ1n) is 6.89. The van der Waals surface area contributed by atoms with E-state index in [1.54, 1.807) is 11.3 Å². The zero-order valence-electron chi connectivity index (χ0n) is 11.6. The van der Waals surface area contributed by atoms with Crippen molar-refractivity contribution in [3.05, 3.63) is 22.4 Å². The monoisotopic (exact) mass is 267 g/mol. The van der Waals surface area contributed by atoms with Crippen LogP contribution in [0, 0.1) is 0 Å². The van der Waals surface area contributed by atoms with E-state index in [9.17, 15) is 0 Å². The van der Waals surface area contributed by atoms with Crippen molar-refractivity contribution in [1.29, 1.82) is 0 Å². The zero-order chi connectivity index (χ0) is 12.8. The standard InChI is InChI=1S/C14H25N3S/c1-13(11-14-3-10-18-12-14)15-4-5-17-8-6-16(2)7-9-17/h3,10,12-13,15H,4-9,11H2,1-2H3. The number of piperazine rings is 1. The van der Waals surface area contributed by atoms with Gasteiger partial charge >= 0.3 is 0 Å². The van der Waals surface area contributed by atoms with Crippen molar-refractivity contribution in [2.24, 2.45) is 0 Å². The fourth-order valence-corrected chi connectivity index (χ4v) is 3.06. The zero-order valence-corrected chi connectivity index (χ0v) is 12.4. The van der Waals surface area contributed by atoms with Crippen LogP contribution in [0.5, 0.6) is 0 Å². The molecule has 1 fully saturated rings. The second kappa shape index (κ2) is 7.24. The van der Waals surface area contributed by atoms with Crippen LogP contribution in [-0.4, -0.2) is 62.2 Å². The van der Waals surface area contributed by atoms with Crippen molar-refractivity contribution in [3.8, 4) is 0 Å². The molecule has 0 radical (unpaired) electrons. The summed E-state index contributed by atoms with van der Waals surface area (Å²) >= 11 is 1.79. The molecule has 0 spiro atoms. The van der Waals surface area contributed by atoms with Gasteiger partial charge in [-0.15, -0.1) is 0 Å². The lowest BCUT2D eigenvalue weighted by Crippen LogP contribution is -2.47. The van der Waals surface area contributed by atoms with Gasteiger partial charge in [-0.1, -0.05) is 0 Å². The molecule has 1 aliphatic rings. The Balaban J connectivity index is 1.57. The molecular formula is C14H25N3S. The lowest BCUT2D eigenvalue weighted by molar-refractivity contribution is 0.154. The molecule has 0 aromatic carbocycles. The van der Waals surface area contributed by atoms with Crippen LogP contribution in [0.1, 0.15) is 12.5 Å². The fraction of sp³-hybridized carbons (Fsp3) is 0.714. The number of nitrogens with one attached hydrogen (secondary N) is 1. The molecule has 102 valence electrons. The largest absolute Gasteiger partial charge is 0.313 e. The summed E-state index contributed by atoms with van der Waals surface area (Å²) in [4.78, 5) is 4.97. The van der Waals surface area contributed by atoms with Gasteiger partial charge in [0.15, 0.2) is 0 Å². The van der Waals surface area contributed by atoms with Gasteiger partial charge in [-0.2, -0.15) is 11.3 Å². The molecule has 0 saturated carbocycles. The van der Waals surface area contributed by atoms with E-state index in [1.165, 1.54) is 38.3 Å². The number of likely N-dealkylation sites (N-methyl/N-ethyl adjacent to an activating group) is 1. The summed E-state index contributed by atoms with van der Waals surface area (Å²) in [6, 6.07) is 2.80. The van der Waals surface area contributed by atoms with Crippen molar-refractivity contribution < 1.29 is 0 Å². The maximum absolute atomic E-state index is 3.63. The van der Waals surface area contributed by atoms with Crippen LogP contribution in [0.25, 0.3) is 0 Å². The first-order chi connectivity index (χ1) is 8.74. The first kappa shape index (κ1) is 14.0. The summed E-state index contributed by atoms with van der Waals surface area (Å²) < 4.78 is 0. The molecule has 2 rings (SSSR count). The average molecular weight is 267 g/mol. The number of rotatable bonds is 6. The third kappa shape index (κ3) is 4.69. The Morgan fingerprint density at radius 1 is 1.33 bits per heavy atom. The summed E-state index contributed by atoms with van der Waals surface area (Å²) in [5, 5.41) is 8.04. The molecule has 0 bridgehead atoms. The van der Waals surface area contributed by atoms with E-state index >= 15 is 0 Å². The normalized spacial score (nSPS) is 20.1. The topological polar surface area (TPSA) is 18.5 Å². The van der Waals surface area contributed by atoms with Crippen molar-refractivity contribution in [1.82, 2.24) is 15.1 Å². The molecule has 1 atom stereocenters. The van der Waals surface area contributed by atoms with E-state index < -0.39 is 0 Å².